The number of fused-ring (bicyclic) bond motifs is 1. The molecule has 0 aromatic heterocycles. The zero-order valence-electron chi connectivity index (χ0n) is 15.6. The highest BCUT2D eigenvalue weighted by Gasteiger charge is 2.26. The molecule has 3 rings (SSSR count). The van der Waals surface area contributed by atoms with Gasteiger partial charge in [-0.3, -0.25) is 4.79 Å². The van der Waals surface area contributed by atoms with Gasteiger partial charge in [-0.15, -0.1) is 0 Å². The van der Waals surface area contributed by atoms with E-state index in [1.54, 1.807) is 30.3 Å². The second-order valence-electron chi connectivity index (χ2n) is 5.84. The van der Waals surface area contributed by atoms with Crippen LogP contribution in [0, 0.1) is 0 Å². The highest BCUT2D eigenvalue weighted by molar-refractivity contribution is 5.85. The highest BCUT2D eigenvalue weighted by Crippen LogP contribution is 2.31. The van der Waals surface area contributed by atoms with Crippen molar-refractivity contribution in [2.75, 3.05) is 19.8 Å². The van der Waals surface area contributed by atoms with Gasteiger partial charge in [-0.1, -0.05) is 24.8 Å². The molecule has 7 nitrogen and oxygen atoms in total. The third kappa shape index (κ3) is 4.82. The van der Waals surface area contributed by atoms with E-state index in [2.05, 4.69) is 17.1 Å². The Morgan fingerprint density at radius 2 is 2.07 bits per heavy atom. The molecule has 0 bridgehead atoms. The molecular formula is C21H22N2O5. The Bertz CT molecular complexity index is 866. The van der Waals surface area contributed by atoms with Crippen LogP contribution in [0.25, 0.3) is 0 Å². The predicted octanol–water partition coefficient (Wildman–Crippen LogP) is 2.94. The summed E-state index contributed by atoms with van der Waals surface area (Å²) in [6.45, 7) is 6.54. The van der Waals surface area contributed by atoms with Gasteiger partial charge in [-0.25, -0.2) is 5.43 Å². The molecule has 0 saturated carbocycles. The van der Waals surface area contributed by atoms with E-state index >= 15 is 0 Å². The molecular weight excluding hydrogens is 360 g/mol. The summed E-state index contributed by atoms with van der Waals surface area (Å²) in [5, 5.41) is 3.99. The Morgan fingerprint density at radius 3 is 2.86 bits per heavy atom. The van der Waals surface area contributed by atoms with Gasteiger partial charge < -0.3 is 18.9 Å². The number of nitrogens with zero attached hydrogens (tertiary/aromatic N) is 1. The summed E-state index contributed by atoms with van der Waals surface area (Å²) < 4.78 is 22.3. The number of hydrazone groups is 1. The van der Waals surface area contributed by atoms with Crippen molar-refractivity contribution in [3.05, 3.63) is 60.7 Å². The van der Waals surface area contributed by atoms with E-state index in [0.717, 1.165) is 5.56 Å². The zero-order chi connectivity index (χ0) is 19.8. The fourth-order valence-electron chi connectivity index (χ4n) is 2.53. The number of nitrogens with one attached hydrogen (secondary N) is 1. The number of hydrogen-bond acceptors (Lipinski definition) is 6. The minimum atomic E-state index is -0.763. The maximum absolute atomic E-state index is 12.3. The van der Waals surface area contributed by atoms with Crippen LogP contribution in [0.15, 0.2) is 60.2 Å². The van der Waals surface area contributed by atoms with E-state index < -0.39 is 6.10 Å². The summed E-state index contributed by atoms with van der Waals surface area (Å²) >= 11 is 0. The van der Waals surface area contributed by atoms with Crippen LogP contribution in [-0.2, 0) is 4.79 Å². The molecule has 2 aromatic rings. The topological polar surface area (TPSA) is 78.4 Å². The monoisotopic (exact) mass is 382 g/mol. The summed E-state index contributed by atoms with van der Waals surface area (Å²) in [7, 11) is 0. The van der Waals surface area contributed by atoms with Crippen molar-refractivity contribution in [1.82, 2.24) is 5.43 Å². The Labute approximate surface area is 163 Å². The largest absolute Gasteiger partial charge is 0.490 e. The van der Waals surface area contributed by atoms with Crippen molar-refractivity contribution in [2.24, 2.45) is 5.10 Å². The maximum Gasteiger partial charge on any atom is 0.284 e. The van der Waals surface area contributed by atoms with Gasteiger partial charge in [-0.05, 0) is 42.8 Å². The van der Waals surface area contributed by atoms with Crippen LogP contribution in [0.1, 0.15) is 12.5 Å². The number of carbonyl (C=O) groups excluding carboxylic acids is 1. The lowest BCUT2D eigenvalue weighted by Crippen LogP contribution is -2.42. The average Bonchev–Trinajstić information content (AvgIpc) is 2.73. The molecule has 28 heavy (non-hydrogen) atoms. The minimum absolute atomic E-state index is 0.127. The van der Waals surface area contributed by atoms with Crippen LogP contribution in [-0.4, -0.2) is 38.0 Å². The molecule has 0 fully saturated rings. The van der Waals surface area contributed by atoms with Crippen LogP contribution in [0.4, 0.5) is 0 Å². The fourth-order valence-corrected chi connectivity index (χ4v) is 2.53. The second kappa shape index (κ2) is 9.45. The highest BCUT2D eigenvalue weighted by atomic mass is 16.6. The molecule has 1 amide bonds. The molecule has 0 spiro atoms. The SMILES string of the molecule is C=CCOc1ccc(C=NNC(=O)C2COc3ccccc3O2)cc1OCC. The Kier molecular flexibility index (Phi) is 6.51. The lowest BCUT2D eigenvalue weighted by molar-refractivity contribution is -0.130. The van der Waals surface area contributed by atoms with Gasteiger partial charge in [0, 0.05) is 0 Å². The standard InChI is InChI=1S/C21H22N2O5/c1-3-11-26-17-10-9-15(12-19(17)25-4-2)13-22-23-21(24)20-14-27-16-7-5-6-8-18(16)28-20/h3,5-10,12-13,20H,1,4,11,14H2,2H3,(H,23,24). The van der Waals surface area contributed by atoms with E-state index in [1.807, 2.05) is 25.1 Å². The number of benzene rings is 2. The van der Waals surface area contributed by atoms with Crippen LogP contribution < -0.4 is 24.4 Å². The summed E-state index contributed by atoms with van der Waals surface area (Å²) in [4.78, 5) is 12.3. The molecule has 1 atom stereocenters. The molecule has 0 radical (unpaired) electrons. The van der Waals surface area contributed by atoms with Gasteiger partial charge in [0.25, 0.3) is 5.91 Å². The Balaban J connectivity index is 1.60. The first-order valence-corrected chi connectivity index (χ1v) is 8.93. The van der Waals surface area contributed by atoms with Crippen molar-refractivity contribution in [2.45, 2.75) is 13.0 Å². The maximum atomic E-state index is 12.3. The van der Waals surface area contributed by atoms with Crippen molar-refractivity contribution in [3.63, 3.8) is 0 Å². The molecule has 0 aliphatic carbocycles. The number of hydrogen-bond donors (Lipinski definition) is 1. The molecule has 1 unspecified atom stereocenters. The molecule has 1 heterocycles. The first kappa shape index (κ1) is 19.3. The van der Waals surface area contributed by atoms with Crippen molar-refractivity contribution < 1.29 is 23.7 Å². The quantitative estimate of drug-likeness (QED) is 0.431. The number of para-hydroxylation sites is 2. The van der Waals surface area contributed by atoms with Gasteiger partial charge in [-0.2, -0.15) is 5.10 Å². The summed E-state index contributed by atoms with van der Waals surface area (Å²) in [5.74, 6) is 1.99. The Hall–Kier alpha value is -3.48. The number of carbonyl (C=O) groups is 1. The van der Waals surface area contributed by atoms with Gasteiger partial charge >= 0.3 is 0 Å². The van der Waals surface area contributed by atoms with Crippen LogP contribution in [0.2, 0.25) is 0 Å². The van der Waals surface area contributed by atoms with Crippen molar-refractivity contribution in [1.29, 1.82) is 0 Å². The predicted molar refractivity (Wildman–Crippen MR) is 105 cm³/mol. The molecule has 1 aliphatic rings. The fraction of sp³-hybridized carbons (Fsp3) is 0.238. The van der Waals surface area contributed by atoms with Gasteiger partial charge in [0.2, 0.25) is 6.10 Å². The first-order chi connectivity index (χ1) is 13.7. The molecule has 2 aromatic carbocycles. The lowest BCUT2D eigenvalue weighted by Gasteiger charge is -2.24. The summed E-state index contributed by atoms with van der Waals surface area (Å²) in [6, 6.07) is 12.6. The average molecular weight is 382 g/mol. The van der Waals surface area contributed by atoms with E-state index in [1.165, 1.54) is 6.21 Å². The van der Waals surface area contributed by atoms with E-state index in [0.29, 0.717) is 36.2 Å². The van der Waals surface area contributed by atoms with E-state index in [9.17, 15) is 4.79 Å². The first-order valence-electron chi connectivity index (χ1n) is 8.93. The molecule has 0 saturated heterocycles. The van der Waals surface area contributed by atoms with Crippen molar-refractivity contribution >= 4 is 12.1 Å². The van der Waals surface area contributed by atoms with Crippen LogP contribution in [0.3, 0.4) is 0 Å². The summed E-state index contributed by atoms with van der Waals surface area (Å²) in [6.07, 6.45) is 2.42. The van der Waals surface area contributed by atoms with Gasteiger partial charge in [0.1, 0.15) is 13.2 Å². The third-order valence-corrected chi connectivity index (χ3v) is 3.81. The number of ether oxygens (including phenoxy) is 4. The second-order valence-corrected chi connectivity index (χ2v) is 5.84. The van der Waals surface area contributed by atoms with Gasteiger partial charge in [0.15, 0.2) is 23.0 Å². The molecule has 146 valence electrons. The van der Waals surface area contributed by atoms with E-state index in [-0.39, 0.29) is 12.5 Å². The minimum Gasteiger partial charge on any atom is -0.490 e. The molecule has 1 aliphatic heterocycles. The smallest absolute Gasteiger partial charge is 0.284 e. The molecule has 1 N–H and O–H groups in total. The zero-order valence-corrected chi connectivity index (χ0v) is 15.6. The number of amides is 1. The van der Waals surface area contributed by atoms with Crippen LogP contribution in [0.5, 0.6) is 23.0 Å². The van der Waals surface area contributed by atoms with Gasteiger partial charge in [0.05, 0.1) is 12.8 Å². The van der Waals surface area contributed by atoms with E-state index in [4.69, 9.17) is 18.9 Å². The number of rotatable bonds is 8. The molecule has 7 heteroatoms. The lowest BCUT2D eigenvalue weighted by atomic mass is 10.2. The van der Waals surface area contributed by atoms with Crippen molar-refractivity contribution in [3.8, 4) is 23.0 Å². The summed E-state index contributed by atoms with van der Waals surface area (Å²) in [5.41, 5.74) is 3.22. The normalized spacial score (nSPS) is 15.1. The third-order valence-electron chi connectivity index (χ3n) is 3.81. The van der Waals surface area contributed by atoms with Crippen LogP contribution >= 0.6 is 0 Å². The Morgan fingerprint density at radius 1 is 1.25 bits per heavy atom.